The van der Waals surface area contributed by atoms with Crippen molar-refractivity contribution in [2.45, 2.75) is 31.3 Å². The van der Waals surface area contributed by atoms with Crippen molar-refractivity contribution < 1.29 is 14.4 Å². The van der Waals surface area contributed by atoms with Gasteiger partial charge in [0.1, 0.15) is 5.75 Å². The molecule has 1 aliphatic rings. The van der Waals surface area contributed by atoms with Gasteiger partial charge in [0.25, 0.3) is 0 Å². The van der Waals surface area contributed by atoms with Crippen LogP contribution < -0.4 is 4.74 Å². The first-order valence-electron chi connectivity index (χ1n) is 6.84. The van der Waals surface area contributed by atoms with Crippen molar-refractivity contribution in [1.82, 2.24) is 10.1 Å². The lowest BCUT2D eigenvalue weighted by Crippen LogP contribution is -2.20. The number of hydrogen-bond acceptors (Lipinski definition) is 6. The zero-order valence-electron chi connectivity index (χ0n) is 11.4. The maximum Gasteiger partial charge on any atom is 0.229 e. The van der Waals surface area contributed by atoms with Crippen molar-refractivity contribution >= 4 is 0 Å². The van der Waals surface area contributed by atoms with Crippen LogP contribution in [0.3, 0.4) is 0 Å². The summed E-state index contributed by atoms with van der Waals surface area (Å²) < 4.78 is 10.8. The molecule has 0 radical (unpaired) electrons. The number of aromatic nitrogens is 2. The Morgan fingerprint density at radius 1 is 1.43 bits per heavy atom. The highest BCUT2D eigenvalue weighted by molar-refractivity contribution is 5.36. The predicted molar refractivity (Wildman–Crippen MR) is 72.6 cm³/mol. The molecule has 0 saturated heterocycles. The van der Waals surface area contributed by atoms with Crippen molar-refractivity contribution in [2.75, 3.05) is 6.61 Å². The van der Waals surface area contributed by atoms with Gasteiger partial charge in [-0.05, 0) is 18.1 Å². The molecule has 1 N–H and O–H groups in total. The first-order valence-corrected chi connectivity index (χ1v) is 6.84. The number of nitriles is 1. The van der Waals surface area contributed by atoms with Gasteiger partial charge in [-0.25, -0.2) is 0 Å². The molecular weight excluding hydrogens is 270 g/mol. The number of ether oxygens (including phenoxy) is 1. The Hall–Kier alpha value is -2.39. The average molecular weight is 285 g/mol. The van der Waals surface area contributed by atoms with Crippen LogP contribution >= 0.6 is 0 Å². The SMILES string of the molecule is N#CCC(O)Cc1nc(C2COc3ccccc3C2)no1. The second kappa shape index (κ2) is 5.94. The summed E-state index contributed by atoms with van der Waals surface area (Å²) in [5, 5.41) is 22.1. The highest BCUT2D eigenvalue weighted by atomic mass is 16.5. The van der Waals surface area contributed by atoms with Gasteiger partial charge in [0, 0.05) is 0 Å². The van der Waals surface area contributed by atoms with E-state index < -0.39 is 6.10 Å². The monoisotopic (exact) mass is 285 g/mol. The second-order valence-electron chi connectivity index (χ2n) is 5.09. The largest absolute Gasteiger partial charge is 0.493 e. The highest BCUT2D eigenvalue weighted by Crippen LogP contribution is 2.30. The molecule has 2 aromatic rings. The summed E-state index contributed by atoms with van der Waals surface area (Å²) in [7, 11) is 0. The second-order valence-corrected chi connectivity index (χ2v) is 5.09. The summed E-state index contributed by atoms with van der Waals surface area (Å²) in [6.07, 6.45) is 0.282. The summed E-state index contributed by atoms with van der Waals surface area (Å²) in [4.78, 5) is 4.30. The Kier molecular flexibility index (Phi) is 3.84. The van der Waals surface area contributed by atoms with E-state index in [1.54, 1.807) is 0 Å². The maximum atomic E-state index is 9.58. The van der Waals surface area contributed by atoms with E-state index in [1.807, 2.05) is 30.3 Å². The van der Waals surface area contributed by atoms with E-state index in [-0.39, 0.29) is 18.8 Å². The van der Waals surface area contributed by atoms with Crippen molar-refractivity contribution in [3.8, 4) is 11.8 Å². The fraction of sp³-hybridized carbons (Fsp3) is 0.400. The van der Waals surface area contributed by atoms with Gasteiger partial charge in [0.05, 0.1) is 37.5 Å². The van der Waals surface area contributed by atoms with Crippen LogP contribution in [0.5, 0.6) is 5.75 Å². The van der Waals surface area contributed by atoms with E-state index in [0.717, 1.165) is 17.7 Å². The molecule has 0 aliphatic carbocycles. The molecule has 1 aromatic heterocycles. The molecule has 0 saturated carbocycles. The van der Waals surface area contributed by atoms with Crippen LogP contribution in [0, 0.1) is 11.3 Å². The average Bonchev–Trinajstić information content (AvgIpc) is 2.95. The smallest absolute Gasteiger partial charge is 0.229 e. The minimum absolute atomic E-state index is 0.0468. The van der Waals surface area contributed by atoms with E-state index >= 15 is 0 Å². The van der Waals surface area contributed by atoms with Crippen molar-refractivity contribution in [2.24, 2.45) is 0 Å². The fourth-order valence-electron chi connectivity index (χ4n) is 2.39. The van der Waals surface area contributed by atoms with Gasteiger partial charge in [-0.1, -0.05) is 23.4 Å². The predicted octanol–water partition coefficient (Wildman–Crippen LogP) is 1.61. The van der Waals surface area contributed by atoms with Gasteiger partial charge in [-0.15, -0.1) is 0 Å². The molecule has 1 aromatic carbocycles. The lowest BCUT2D eigenvalue weighted by Gasteiger charge is -2.22. The Balaban J connectivity index is 1.69. The van der Waals surface area contributed by atoms with Crippen LogP contribution in [0.25, 0.3) is 0 Å². The van der Waals surface area contributed by atoms with Crippen LogP contribution in [0.4, 0.5) is 0 Å². The number of hydrogen-bond donors (Lipinski definition) is 1. The first-order chi connectivity index (χ1) is 10.3. The summed E-state index contributed by atoms with van der Waals surface area (Å²) >= 11 is 0. The van der Waals surface area contributed by atoms with E-state index in [4.69, 9.17) is 14.5 Å². The van der Waals surface area contributed by atoms with E-state index in [2.05, 4.69) is 10.1 Å². The summed E-state index contributed by atoms with van der Waals surface area (Å²) in [5.41, 5.74) is 1.13. The molecule has 0 fully saturated rings. The number of aliphatic hydroxyl groups is 1. The third-order valence-corrected chi connectivity index (χ3v) is 3.47. The normalized spacial score (nSPS) is 18.4. The van der Waals surface area contributed by atoms with Gasteiger partial charge in [0.2, 0.25) is 5.89 Å². The quantitative estimate of drug-likeness (QED) is 0.917. The Morgan fingerprint density at radius 2 is 2.29 bits per heavy atom. The molecule has 0 amide bonds. The minimum atomic E-state index is -0.772. The van der Waals surface area contributed by atoms with Crippen LogP contribution in [-0.4, -0.2) is 28.0 Å². The van der Waals surface area contributed by atoms with Crippen LogP contribution in [0.2, 0.25) is 0 Å². The molecule has 2 unspecified atom stereocenters. The van der Waals surface area contributed by atoms with Gasteiger partial charge >= 0.3 is 0 Å². The van der Waals surface area contributed by atoms with Gasteiger partial charge in [0.15, 0.2) is 5.82 Å². The number of para-hydroxylation sites is 1. The first kappa shape index (κ1) is 13.6. The summed E-state index contributed by atoms with van der Waals surface area (Å²) in [6, 6.07) is 9.81. The molecule has 2 atom stereocenters. The third kappa shape index (κ3) is 3.03. The van der Waals surface area contributed by atoms with Crippen molar-refractivity contribution in [3.63, 3.8) is 0 Å². The molecule has 108 valence electrons. The number of nitrogens with zero attached hydrogens (tertiary/aromatic N) is 3. The number of rotatable bonds is 4. The highest BCUT2D eigenvalue weighted by Gasteiger charge is 2.25. The number of fused-ring (bicyclic) bond motifs is 1. The van der Waals surface area contributed by atoms with E-state index in [9.17, 15) is 5.11 Å². The lowest BCUT2D eigenvalue weighted by atomic mass is 9.96. The minimum Gasteiger partial charge on any atom is -0.493 e. The Labute approximate surface area is 122 Å². The molecule has 0 bridgehead atoms. The zero-order valence-corrected chi connectivity index (χ0v) is 11.4. The molecular formula is C15H15N3O3. The topological polar surface area (TPSA) is 92.2 Å². The zero-order chi connectivity index (χ0) is 14.7. The van der Waals surface area contributed by atoms with Gasteiger partial charge in [-0.3, -0.25) is 0 Å². The molecule has 6 heteroatoms. The molecule has 6 nitrogen and oxygen atoms in total. The Bertz CT molecular complexity index is 662. The van der Waals surface area contributed by atoms with E-state index in [1.165, 1.54) is 0 Å². The molecule has 0 spiro atoms. The molecule has 21 heavy (non-hydrogen) atoms. The van der Waals surface area contributed by atoms with Crippen molar-refractivity contribution in [3.05, 3.63) is 41.5 Å². The van der Waals surface area contributed by atoms with Crippen LogP contribution in [0.1, 0.15) is 29.6 Å². The number of benzene rings is 1. The van der Waals surface area contributed by atoms with Crippen LogP contribution in [-0.2, 0) is 12.8 Å². The van der Waals surface area contributed by atoms with Crippen molar-refractivity contribution in [1.29, 1.82) is 5.26 Å². The third-order valence-electron chi connectivity index (χ3n) is 3.47. The number of aliphatic hydroxyl groups excluding tert-OH is 1. The molecule has 3 rings (SSSR count). The summed E-state index contributed by atoms with van der Waals surface area (Å²) in [6.45, 7) is 0.511. The van der Waals surface area contributed by atoms with Gasteiger partial charge < -0.3 is 14.4 Å². The molecule has 2 heterocycles. The fourth-order valence-corrected chi connectivity index (χ4v) is 2.39. The Morgan fingerprint density at radius 3 is 3.14 bits per heavy atom. The van der Waals surface area contributed by atoms with Crippen LogP contribution in [0.15, 0.2) is 28.8 Å². The molecule has 1 aliphatic heterocycles. The lowest BCUT2D eigenvalue weighted by molar-refractivity contribution is 0.166. The standard InChI is InChI=1S/C15H15N3O3/c16-6-5-12(19)8-14-17-15(18-21-14)11-7-10-3-1-2-4-13(10)20-9-11/h1-4,11-12,19H,5,7-9H2. The van der Waals surface area contributed by atoms with E-state index in [0.29, 0.717) is 18.3 Å². The van der Waals surface area contributed by atoms with Gasteiger partial charge in [-0.2, -0.15) is 10.2 Å². The summed E-state index contributed by atoms with van der Waals surface area (Å²) in [5.74, 6) is 1.89. The maximum absolute atomic E-state index is 9.58.